The zero-order valence-electron chi connectivity index (χ0n) is 22.2. The second-order valence-electron chi connectivity index (χ2n) is 9.13. The number of nitrogens with one attached hydrogen (secondary N) is 1. The molecule has 206 valence electrons. The van der Waals surface area contributed by atoms with Crippen molar-refractivity contribution >= 4 is 50.6 Å². The Balaban J connectivity index is 0.00000481. The molecule has 0 unspecified atom stereocenters. The maximum Gasteiger partial charge on any atom is 0.341 e. The van der Waals surface area contributed by atoms with Crippen LogP contribution in [0.4, 0.5) is 5.00 Å². The van der Waals surface area contributed by atoms with Gasteiger partial charge in [0.2, 0.25) is 10.0 Å². The number of carbonyl (C=O) groups excluding carboxylic acids is 2. The molecule has 3 rings (SSSR count). The molecule has 37 heavy (non-hydrogen) atoms. The number of hydrogen-bond acceptors (Lipinski definition) is 7. The monoisotopic (exact) mass is 571 g/mol. The summed E-state index contributed by atoms with van der Waals surface area (Å²) in [6, 6.07) is 6.33. The summed E-state index contributed by atoms with van der Waals surface area (Å²) < 4.78 is 32.8. The second kappa shape index (κ2) is 13.7. The van der Waals surface area contributed by atoms with Gasteiger partial charge in [0.1, 0.15) is 5.00 Å². The van der Waals surface area contributed by atoms with Crippen LogP contribution in [0.5, 0.6) is 0 Å². The highest BCUT2D eigenvalue weighted by Crippen LogP contribution is 2.38. The quantitative estimate of drug-likeness (QED) is 0.374. The SMILES string of the molecule is CCCN(CCC)S(=O)(=O)c1ccc(C(=O)Nc2sc3c(c2C(=O)OCC)CCN(C(C)C)C3)cc1.Cl. The van der Waals surface area contributed by atoms with Crippen molar-refractivity contribution < 1.29 is 22.7 Å². The van der Waals surface area contributed by atoms with Crippen molar-refractivity contribution in [2.45, 2.75) is 71.4 Å². The number of thiophene rings is 1. The Morgan fingerprint density at radius 1 is 1.11 bits per heavy atom. The minimum atomic E-state index is -3.63. The van der Waals surface area contributed by atoms with E-state index in [4.69, 9.17) is 4.74 Å². The van der Waals surface area contributed by atoms with Gasteiger partial charge in [-0.25, -0.2) is 13.2 Å². The lowest BCUT2D eigenvalue weighted by Gasteiger charge is -2.30. The van der Waals surface area contributed by atoms with Gasteiger partial charge in [-0.2, -0.15) is 4.31 Å². The Morgan fingerprint density at radius 3 is 2.27 bits per heavy atom. The highest BCUT2D eigenvalue weighted by atomic mass is 35.5. The van der Waals surface area contributed by atoms with Crippen LogP contribution in [0.1, 0.15) is 78.6 Å². The normalized spacial score (nSPS) is 13.8. The van der Waals surface area contributed by atoms with E-state index >= 15 is 0 Å². The summed E-state index contributed by atoms with van der Waals surface area (Å²) in [5.41, 5.74) is 1.69. The minimum Gasteiger partial charge on any atom is -0.462 e. The summed E-state index contributed by atoms with van der Waals surface area (Å²) in [6.07, 6.45) is 2.16. The van der Waals surface area contributed by atoms with Gasteiger partial charge in [-0.15, -0.1) is 23.7 Å². The number of carbonyl (C=O) groups is 2. The molecule has 8 nitrogen and oxygen atoms in total. The van der Waals surface area contributed by atoms with Crippen molar-refractivity contribution in [3.63, 3.8) is 0 Å². The second-order valence-corrected chi connectivity index (χ2v) is 12.2. The molecule has 0 spiro atoms. The van der Waals surface area contributed by atoms with Crippen LogP contribution in [0.15, 0.2) is 29.2 Å². The number of fused-ring (bicyclic) bond motifs is 1. The first-order valence-corrected chi connectivity index (χ1v) is 14.9. The highest BCUT2D eigenvalue weighted by Gasteiger charge is 2.30. The van der Waals surface area contributed by atoms with Crippen LogP contribution in [0.25, 0.3) is 0 Å². The van der Waals surface area contributed by atoms with Crippen LogP contribution in [0, 0.1) is 0 Å². The third kappa shape index (κ3) is 7.11. The van der Waals surface area contributed by atoms with Gasteiger partial charge in [0.05, 0.1) is 17.1 Å². The van der Waals surface area contributed by atoms with Crippen molar-refractivity contribution in [3.8, 4) is 0 Å². The molecule has 0 fully saturated rings. The first kappa shape index (κ1) is 31.2. The van der Waals surface area contributed by atoms with E-state index in [2.05, 4.69) is 24.1 Å². The van der Waals surface area contributed by atoms with Crippen LogP contribution in [-0.4, -0.2) is 61.8 Å². The van der Waals surface area contributed by atoms with Crippen LogP contribution in [-0.2, 0) is 27.7 Å². The lowest BCUT2D eigenvalue weighted by molar-refractivity contribution is 0.0526. The fourth-order valence-corrected chi connectivity index (χ4v) is 7.21. The molecule has 0 aliphatic carbocycles. The average molecular weight is 572 g/mol. The summed E-state index contributed by atoms with van der Waals surface area (Å²) in [5, 5.41) is 3.36. The third-order valence-electron chi connectivity index (χ3n) is 6.22. The smallest absolute Gasteiger partial charge is 0.341 e. The molecule has 1 N–H and O–H groups in total. The zero-order valence-corrected chi connectivity index (χ0v) is 24.7. The largest absolute Gasteiger partial charge is 0.462 e. The number of sulfonamides is 1. The molecule has 1 aliphatic heterocycles. The molecule has 0 bridgehead atoms. The molecule has 0 saturated heterocycles. The van der Waals surface area contributed by atoms with Gasteiger partial charge in [-0.05, 0) is 69.9 Å². The Labute approximate surface area is 230 Å². The molecule has 2 heterocycles. The summed E-state index contributed by atoms with van der Waals surface area (Å²) in [5.74, 6) is -0.834. The van der Waals surface area contributed by atoms with Crippen molar-refractivity contribution in [2.75, 3.05) is 31.6 Å². The van der Waals surface area contributed by atoms with Gasteiger partial charge in [0, 0.05) is 42.7 Å². The first-order chi connectivity index (χ1) is 17.1. The van der Waals surface area contributed by atoms with Crippen LogP contribution in [0.3, 0.4) is 0 Å². The summed E-state index contributed by atoms with van der Waals surface area (Å²) >= 11 is 1.41. The molecule has 2 aromatic rings. The summed E-state index contributed by atoms with van der Waals surface area (Å²) in [7, 11) is -3.63. The maximum atomic E-state index is 13.1. The van der Waals surface area contributed by atoms with Crippen LogP contribution < -0.4 is 5.32 Å². The fraction of sp³-hybridized carbons (Fsp3) is 0.538. The van der Waals surface area contributed by atoms with E-state index in [0.717, 1.165) is 36.4 Å². The van der Waals surface area contributed by atoms with Gasteiger partial charge in [0.25, 0.3) is 5.91 Å². The molecule has 1 amide bonds. The lowest BCUT2D eigenvalue weighted by atomic mass is 10.0. The molecule has 11 heteroatoms. The number of anilines is 1. The van der Waals surface area contributed by atoms with Crippen molar-refractivity contribution in [1.82, 2.24) is 9.21 Å². The van der Waals surface area contributed by atoms with E-state index < -0.39 is 21.9 Å². The number of halogens is 1. The fourth-order valence-electron chi connectivity index (χ4n) is 4.32. The highest BCUT2D eigenvalue weighted by molar-refractivity contribution is 7.89. The van der Waals surface area contributed by atoms with Gasteiger partial charge in [-0.3, -0.25) is 9.69 Å². The van der Waals surface area contributed by atoms with E-state index in [0.29, 0.717) is 41.7 Å². The van der Waals surface area contributed by atoms with Crippen molar-refractivity contribution in [1.29, 1.82) is 0 Å². The molecule has 0 saturated carbocycles. The molecule has 0 radical (unpaired) electrons. The van der Waals surface area contributed by atoms with E-state index in [9.17, 15) is 18.0 Å². The molecule has 1 aromatic carbocycles. The van der Waals surface area contributed by atoms with E-state index in [-0.39, 0.29) is 23.9 Å². The van der Waals surface area contributed by atoms with E-state index in [1.54, 1.807) is 6.92 Å². The molecule has 0 atom stereocenters. The molecular formula is C26H38ClN3O5S2. The summed E-state index contributed by atoms with van der Waals surface area (Å²) in [6.45, 7) is 12.6. The number of benzene rings is 1. The van der Waals surface area contributed by atoms with Crippen molar-refractivity contribution in [2.24, 2.45) is 0 Å². The molecule has 1 aliphatic rings. The number of amides is 1. The number of rotatable bonds is 11. The van der Waals surface area contributed by atoms with E-state index in [1.165, 1.54) is 39.9 Å². The zero-order chi connectivity index (χ0) is 26.5. The Bertz CT molecular complexity index is 1170. The van der Waals surface area contributed by atoms with Gasteiger partial charge in [-0.1, -0.05) is 13.8 Å². The number of hydrogen-bond donors (Lipinski definition) is 1. The Hall–Kier alpha value is -1.98. The number of esters is 1. The molecular weight excluding hydrogens is 534 g/mol. The van der Waals surface area contributed by atoms with Gasteiger partial charge >= 0.3 is 5.97 Å². The lowest BCUT2D eigenvalue weighted by Crippen LogP contribution is -2.35. The Morgan fingerprint density at radius 2 is 1.73 bits per heavy atom. The average Bonchev–Trinajstić information content (AvgIpc) is 3.21. The molecule has 1 aromatic heterocycles. The van der Waals surface area contributed by atoms with Crippen LogP contribution in [0.2, 0.25) is 0 Å². The first-order valence-electron chi connectivity index (χ1n) is 12.6. The minimum absolute atomic E-state index is 0. The predicted octanol–water partition coefficient (Wildman–Crippen LogP) is 5.18. The van der Waals surface area contributed by atoms with Crippen molar-refractivity contribution in [3.05, 3.63) is 45.8 Å². The van der Waals surface area contributed by atoms with E-state index in [1.807, 2.05) is 13.8 Å². The number of nitrogens with zero attached hydrogens (tertiary/aromatic N) is 2. The predicted molar refractivity (Wildman–Crippen MR) is 151 cm³/mol. The van der Waals surface area contributed by atoms with Gasteiger partial charge in [0.15, 0.2) is 0 Å². The standard InChI is InChI=1S/C26H37N3O5S2.ClH/c1-6-14-29(15-7-2)36(32,33)20-11-9-19(10-12-20)24(30)27-25-23(26(31)34-8-3)21-13-16-28(18(4)5)17-22(21)35-25;/h9-12,18H,6-8,13-17H2,1-5H3,(H,27,30);1H. The van der Waals surface area contributed by atoms with Crippen LogP contribution >= 0.6 is 23.7 Å². The maximum absolute atomic E-state index is 13.1. The number of ether oxygens (including phenoxy) is 1. The third-order valence-corrected chi connectivity index (χ3v) is 9.27. The Kier molecular flexibility index (Phi) is 11.6. The van der Waals surface area contributed by atoms with Gasteiger partial charge < -0.3 is 10.1 Å². The topological polar surface area (TPSA) is 96.0 Å². The summed E-state index contributed by atoms with van der Waals surface area (Å²) in [4.78, 5) is 29.5.